The summed E-state index contributed by atoms with van der Waals surface area (Å²) in [6, 6.07) is 0. The zero-order valence-electron chi connectivity index (χ0n) is 12.4. The Kier molecular flexibility index (Phi) is 9.54. The molecule has 0 aromatic carbocycles. The van der Waals surface area contributed by atoms with Gasteiger partial charge >= 0.3 is 0 Å². The summed E-state index contributed by atoms with van der Waals surface area (Å²) in [5.74, 6) is 1.03. The van der Waals surface area contributed by atoms with Crippen LogP contribution in [0.25, 0.3) is 0 Å². The summed E-state index contributed by atoms with van der Waals surface area (Å²) < 4.78 is 5.00. The summed E-state index contributed by atoms with van der Waals surface area (Å²) in [5.41, 5.74) is 0. The molecule has 0 bridgehead atoms. The fourth-order valence-corrected chi connectivity index (χ4v) is 2.81. The topological polar surface area (TPSA) is 24.5 Å². The number of nitrogens with one attached hydrogen (secondary N) is 1. The molecule has 0 atom stereocenters. The monoisotopic (exact) mass is 256 g/mol. The van der Waals surface area contributed by atoms with Crippen LogP contribution in [-0.2, 0) is 4.74 Å². The van der Waals surface area contributed by atoms with Gasteiger partial charge in [0.2, 0.25) is 0 Å². The summed E-state index contributed by atoms with van der Waals surface area (Å²) in [6.45, 7) is 5.25. The maximum Gasteiger partial charge on any atom is 0.0587 e. The largest absolute Gasteiger partial charge is 0.383 e. The Hall–Kier alpha value is -0.120. The minimum absolute atomic E-state index is 0.811. The van der Waals surface area contributed by atoms with Crippen molar-refractivity contribution < 1.29 is 4.74 Å². The normalized spacial score (nSPS) is 17.5. The maximum absolute atomic E-state index is 5.00. The highest BCUT2D eigenvalue weighted by Gasteiger charge is 2.12. The molecule has 1 N–H and O–H groups in total. The van der Waals surface area contributed by atoms with Crippen LogP contribution in [0, 0.1) is 5.92 Å². The fraction of sp³-hybridized carbons (Fsp3) is 1.00. The molecule has 0 heterocycles. The SMILES string of the molecule is COCCNCCN(C)CCCC1CCCCC1. The van der Waals surface area contributed by atoms with Gasteiger partial charge in [-0.3, -0.25) is 0 Å². The predicted molar refractivity (Wildman–Crippen MR) is 78.1 cm³/mol. The molecular weight excluding hydrogens is 224 g/mol. The molecule has 3 nitrogen and oxygen atoms in total. The van der Waals surface area contributed by atoms with Crippen LogP contribution in [0.1, 0.15) is 44.9 Å². The molecule has 1 aliphatic rings. The summed E-state index contributed by atoms with van der Waals surface area (Å²) in [7, 11) is 3.98. The lowest BCUT2D eigenvalue weighted by Crippen LogP contribution is -2.31. The Labute approximate surface area is 113 Å². The van der Waals surface area contributed by atoms with Crippen LogP contribution >= 0.6 is 0 Å². The molecule has 18 heavy (non-hydrogen) atoms. The molecule has 1 rings (SSSR count). The van der Waals surface area contributed by atoms with Crippen LogP contribution < -0.4 is 5.32 Å². The lowest BCUT2D eigenvalue weighted by molar-refractivity contribution is 0.197. The summed E-state index contributed by atoms with van der Waals surface area (Å²) in [5, 5.41) is 3.39. The van der Waals surface area contributed by atoms with Gasteiger partial charge in [-0.2, -0.15) is 0 Å². The van der Waals surface area contributed by atoms with Crippen LogP contribution in [0.3, 0.4) is 0 Å². The van der Waals surface area contributed by atoms with Crippen LogP contribution in [0.5, 0.6) is 0 Å². The van der Waals surface area contributed by atoms with Crippen molar-refractivity contribution in [1.82, 2.24) is 10.2 Å². The van der Waals surface area contributed by atoms with Crippen molar-refractivity contribution >= 4 is 0 Å². The van der Waals surface area contributed by atoms with Gasteiger partial charge in [0.1, 0.15) is 0 Å². The Bertz CT molecular complexity index is 181. The fourth-order valence-electron chi connectivity index (χ4n) is 2.81. The van der Waals surface area contributed by atoms with E-state index in [1.54, 1.807) is 7.11 Å². The number of ether oxygens (including phenoxy) is 1. The highest BCUT2D eigenvalue weighted by atomic mass is 16.5. The molecule has 3 heteroatoms. The first-order valence-electron chi connectivity index (χ1n) is 7.71. The molecule has 0 amide bonds. The van der Waals surface area contributed by atoms with Crippen molar-refractivity contribution in [3.63, 3.8) is 0 Å². The third kappa shape index (κ3) is 8.06. The van der Waals surface area contributed by atoms with E-state index in [9.17, 15) is 0 Å². The highest BCUT2D eigenvalue weighted by molar-refractivity contribution is 4.66. The van der Waals surface area contributed by atoms with E-state index in [0.717, 1.165) is 32.2 Å². The van der Waals surface area contributed by atoms with Crippen molar-refractivity contribution in [3.05, 3.63) is 0 Å². The van der Waals surface area contributed by atoms with Gasteiger partial charge in [0, 0.05) is 26.7 Å². The van der Waals surface area contributed by atoms with Crippen molar-refractivity contribution in [3.8, 4) is 0 Å². The minimum Gasteiger partial charge on any atom is -0.383 e. The summed E-state index contributed by atoms with van der Waals surface area (Å²) >= 11 is 0. The van der Waals surface area contributed by atoms with E-state index >= 15 is 0 Å². The van der Waals surface area contributed by atoms with Crippen molar-refractivity contribution in [2.24, 2.45) is 5.92 Å². The van der Waals surface area contributed by atoms with E-state index in [1.165, 1.54) is 51.5 Å². The standard InChI is InChI=1S/C15H32N2O/c1-17(13-10-16-11-14-18-2)12-6-9-15-7-4-3-5-8-15/h15-16H,3-14H2,1-2H3. The number of hydrogen-bond acceptors (Lipinski definition) is 3. The molecule has 0 aromatic heterocycles. The lowest BCUT2D eigenvalue weighted by atomic mass is 9.86. The van der Waals surface area contributed by atoms with Gasteiger partial charge in [0.05, 0.1) is 6.61 Å². The van der Waals surface area contributed by atoms with Gasteiger partial charge in [0.25, 0.3) is 0 Å². The number of hydrogen-bond donors (Lipinski definition) is 1. The summed E-state index contributed by atoms with van der Waals surface area (Å²) in [4.78, 5) is 2.45. The molecule has 0 radical (unpaired) electrons. The second kappa shape index (κ2) is 10.8. The van der Waals surface area contributed by atoms with E-state index in [2.05, 4.69) is 17.3 Å². The Morgan fingerprint density at radius 2 is 1.89 bits per heavy atom. The molecule has 1 saturated carbocycles. The second-order valence-corrected chi connectivity index (χ2v) is 5.69. The second-order valence-electron chi connectivity index (χ2n) is 5.69. The van der Waals surface area contributed by atoms with E-state index in [4.69, 9.17) is 4.74 Å². The number of rotatable bonds is 10. The van der Waals surface area contributed by atoms with Crippen LogP contribution in [0.15, 0.2) is 0 Å². The van der Waals surface area contributed by atoms with Crippen molar-refractivity contribution in [2.75, 3.05) is 46.9 Å². The van der Waals surface area contributed by atoms with E-state index < -0.39 is 0 Å². The van der Waals surface area contributed by atoms with Crippen molar-refractivity contribution in [1.29, 1.82) is 0 Å². The first-order chi connectivity index (χ1) is 8.83. The van der Waals surface area contributed by atoms with Gasteiger partial charge in [0.15, 0.2) is 0 Å². The quantitative estimate of drug-likeness (QED) is 0.608. The molecule has 0 aliphatic heterocycles. The zero-order chi connectivity index (χ0) is 13.1. The van der Waals surface area contributed by atoms with E-state index in [1.807, 2.05) is 0 Å². The Morgan fingerprint density at radius 1 is 1.11 bits per heavy atom. The van der Waals surface area contributed by atoms with Crippen LogP contribution in [-0.4, -0.2) is 51.8 Å². The first-order valence-corrected chi connectivity index (χ1v) is 7.71. The lowest BCUT2D eigenvalue weighted by Gasteiger charge is -2.23. The molecular formula is C15H32N2O. The van der Waals surface area contributed by atoms with Crippen molar-refractivity contribution in [2.45, 2.75) is 44.9 Å². The van der Waals surface area contributed by atoms with Crippen LogP contribution in [0.2, 0.25) is 0 Å². The third-order valence-electron chi connectivity index (χ3n) is 4.03. The van der Waals surface area contributed by atoms with Gasteiger partial charge in [-0.15, -0.1) is 0 Å². The predicted octanol–water partition coefficient (Wildman–Crippen LogP) is 2.51. The Balaban J connectivity index is 1.88. The Morgan fingerprint density at radius 3 is 2.61 bits per heavy atom. The van der Waals surface area contributed by atoms with E-state index in [-0.39, 0.29) is 0 Å². The molecule has 0 unspecified atom stereocenters. The van der Waals surface area contributed by atoms with Gasteiger partial charge in [-0.25, -0.2) is 0 Å². The number of likely N-dealkylation sites (N-methyl/N-ethyl adjacent to an activating group) is 1. The number of nitrogens with zero attached hydrogens (tertiary/aromatic N) is 1. The van der Waals surface area contributed by atoms with Gasteiger partial charge < -0.3 is 15.0 Å². The summed E-state index contributed by atoms with van der Waals surface area (Å²) in [6.07, 6.45) is 10.2. The molecule has 1 fully saturated rings. The number of methoxy groups -OCH3 is 1. The third-order valence-corrected chi connectivity index (χ3v) is 4.03. The molecule has 1 aliphatic carbocycles. The smallest absolute Gasteiger partial charge is 0.0587 e. The molecule has 0 saturated heterocycles. The zero-order valence-corrected chi connectivity index (χ0v) is 12.4. The molecule has 0 aromatic rings. The van der Waals surface area contributed by atoms with E-state index in [0.29, 0.717) is 0 Å². The molecule has 0 spiro atoms. The minimum atomic E-state index is 0.811. The van der Waals surface area contributed by atoms with Gasteiger partial charge in [-0.05, 0) is 32.4 Å². The van der Waals surface area contributed by atoms with Gasteiger partial charge in [-0.1, -0.05) is 32.1 Å². The maximum atomic E-state index is 5.00. The average Bonchev–Trinajstić information content (AvgIpc) is 2.40. The van der Waals surface area contributed by atoms with Crippen LogP contribution in [0.4, 0.5) is 0 Å². The average molecular weight is 256 g/mol. The first kappa shape index (κ1) is 15.9. The highest BCUT2D eigenvalue weighted by Crippen LogP contribution is 2.27. The molecule has 108 valence electrons.